The quantitative estimate of drug-likeness (QED) is 0.808. The summed E-state index contributed by atoms with van der Waals surface area (Å²) < 4.78 is 10.6. The predicted octanol–water partition coefficient (Wildman–Crippen LogP) is 2.84. The van der Waals surface area contributed by atoms with Crippen molar-refractivity contribution in [3.63, 3.8) is 0 Å². The average Bonchev–Trinajstić information content (AvgIpc) is 3.23. The summed E-state index contributed by atoms with van der Waals surface area (Å²) >= 11 is 0. The highest BCUT2D eigenvalue weighted by Gasteiger charge is 2.23. The molecule has 0 bridgehead atoms. The van der Waals surface area contributed by atoms with E-state index in [9.17, 15) is 4.79 Å². The molecule has 0 spiro atoms. The third-order valence-electron chi connectivity index (χ3n) is 3.58. The van der Waals surface area contributed by atoms with Gasteiger partial charge in [-0.3, -0.25) is 5.32 Å². The number of carbonyl (C=O) groups excluding carboxylic acids is 1. The minimum Gasteiger partial charge on any atom is -0.454 e. The van der Waals surface area contributed by atoms with Crippen molar-refractivity contribution in [2.45, 2.75) is 18.9 Å². The lowest BCUT2D eigenvalue weighted by atomic mass is 10.2. The van der Waals surface area contributed by atoms with E-state index in [0.717, 1.165) is 35.7 Å². The van der Waals surface area contributed by atoms with E-state index in [1.807, 2.05) is 24.3 Å². The Kier molecular flexibility index (Phi) is 3.38. The number of nitrogens with zero attached hydrogens (tertiary/aromatic N) is 1. The van der Waals surface area contributed by atoms with Crippen LogP contribution in [0.4, 0.5) is 22.0 Å². The minimum absolute atomic E-state index is 0.212. The fourth-order valence-corrected chi connectivity index (χ4v) is 2.25. The molecular formula is C16H16N4O3. The highest BCUT2D eigenvalue weighted by molar-refractivity contribution is 5.88. The molecule has 1 aromatic heterocycles. The average molecular weight is 312 g/mol. The zero-order chi connectivity index (χ0) is 15.6. The van der Waals surface area contributed by atoms with Crippen LogP contribution >= 0.6 is 0 Å². The van der Waals surface area contributed by atoms with Crippen molar-refractivity contribution in [1.82, 2.24) is 10.3 Å². The summed E-state index contributed by atoms with van der Waals surface area (Å²) in [4.78, 5) is 15.9. The number of fused-ring (bicyclic) bond motifs is 1. The molecule has 0 unspecified atom stereocenters. The van der Waals surface area contributed by atoms with E-state index in [2.05, 4.69) is 20.9 Å². The van der Waals surface area contributed by atoms with Crippen LogP contribution in [-0.2, 0) is 0 Å². The summed E-state index contributed by atoms with van der Waals surface area (Å²) in [6.07, 6.45) is 3.77. The first-order valence-corrected chi connectivity index (χ1v) is 7.46. The van der Waals surface area contributed by atoms with Gasteiger partial charge in [-0.1, -0.05) is 0 Å². The highest BCUT2D eigenvalue weighted by Crippen LogP contribution is 2.35. The van der Waals surface area contributed by atoms with Crippen LogP contribution in [-0.4, -0.2) is 23.8 Å². The Morgan fingerprint density at radius 3 is 2.70 bits per heavy atom. The molecule has 2 aromatic rings. The normalized spacial score (nSPS) is 15.1. The molecule has 23 heavy (non-hydrogen) atoms. The van der Waals surface area contributed by atoms with E-state index in [4.69, 9.17) is 9.47 Å². The molecule has 7 nitrogen and oxygen atoms in total. The monoisotopic (exact) mass is 312 g/mol. The largest absolute Gasteiger partial charge is 0.454 e. The second kappa shape index (κ2) is 5.68. The molecule has 1 aliphatic carbocycles. The molecule has 1 fully saturated rings. The number of carbonyl (C=O) groups is 1. The molecule has 1 saturated carbocycles. The van der Waals surface area contributed by atoms with Crippen molar-refractivity contribution in [3.8, 4) is 11.5 Å². The van der Waals surface area contributed by atoms with Crippen molar-refractivity contribution >= 4 is 23.2 Å². The van der Waals surface area contributed by atoms with Crippen LogP contribution in [0.1, 0.15) is 12.8 Å². The molecular weight excluding hydrogens is 296 g/mol. The van der Waals surface area contributed by atoms with Crippen molar-refractivity contribution < 1.29 is 14.3 Å². The van der Waals surface area contributed by atoms with Gasteiger partial charge in [-0.15, -0.1) is 0 Å². The summed E-state index contributed by atoms with van der Waals surface area (Å²) in [5.41, 5.74) is 1.69. The highest BCUT2D eigenvalue weighted by atomic mass is 16.7. The minimum atomic E-state index is -0.212. The first-order valence-electron chi connectivity index (χ1n) is 7.46. The van der Waals surface area contributed by atoms with E-state index < -0.39 is 0 Å². The van der Waals surface area contributed by atoms with E-state index in [1.165, 1.54) is 0 Å². The van der Waals surface area contributed by atoms with E-state index in [1.54, 1.807) is 12.3 Å². The van der Waals surface area contributed by atoms with Crippen LogP contribution in [0.5, 0.6) is 11.5 Å². The summed E-state index contributed by atoms with van der Waals surface area (Å²) in [7, 11) is 0. The molecule has 3 N–H and O–H groups in total. The number of benzene rings is 1. The van der Waals surface area contributed by atoms with Crippen molar-refractivity contribution in [3.05, 3.63) is 36.5 Å². The Morgan fingerprint density at radius 2 is 1.91 bits per heavy atom. The van der Waals surface area contributed by atoms with Gasteiger partial charge in [-0.25, -0.2) is 9.78 Å². The molecule has 2 aliphatic rings. The predicted molar refractivity (Wildman–Crippen MR) is 85.3 cm³/mol. The van der Waals surface area contributed by atoms with Crippen LogP contribution in [0, 0.1) is 0 Å². The molecule has 1 aliphatic heterocycles. The number of rotatable bonds is 4. The van der Waals surface area contributed by atoms with Gasteiger partial charge in [-0.05, 0) is 37.1 Å². The molecule has 0 saturated heterocycles. The number of urea groups is 1. The number of aromatic nitrogens is 1. The molecule has 4 rings (SSSR count). The Bertz CT molecular complexity index is 729. The van der Waals surface area contributed by atoms with E-state index in [-0.39, 0.29) is 12.8 Å². The topological polar surface area (TPSA) is 84.5 Å². The third kappa shape index (κ3) is 3.28. The second-order valence-corrected chi connectivity index (χ2v) is 5.50. The molecule has 2 heterocycles. The van der Waals surface area contributed by atoms with Crippen LogP contribution in [0.25, 0.3) is 0 Å². The Hall–Kier alpha value is -2.96. The van der Waals surface area contributed by atoms with Crippen molar-refractivity contribution in [2.24, 2.45) is 0 Å². The maximum atomic E-state index is 11.6. The van der Waals surface area contributed by atoms with Crippen LogP contribution in [0.3, 0.4) is 0 Å². The molecule has 1 aromatic carbocycles. The Labute approximate surface area is 133 Å². The third-order valence-corrected chi connectivity index (χ3v) is 3.58. The molecule has 118 valence electrons. The van der Waals surface area contributed by atoms with Gasteiger partial charge in [0.2, 0.25) is 6.79 Å². The van der Waals surface area contributed by atoms with Crippen LogP contribution in [0.2, 0.25) is 0 Å². The Morgan fingerprint density at radius 1 is 1.09 bits per heavy atom. The number of hydrogen-bond acceptors (Lipinski definition) is 5. The maximum Gasteiger partial charge on any atom is 0.320 e. The molecule has 0 radical (unpaired) electrons. The first-order chi connectivity index (χ1) is 11.3. The van der Waals surface area contributed by atoms with Crippen LogP contribution in [0.15, 0.2) is 36.5 Å². The van der Waals surface area contributed by atoms with Gasteiger partial charge >= 0.3 is 6.03 Å². The van der Waals surface area contributed by atoms with E-state index in [0.29, 0.717) is 11.9 Å². The summed E-state index contributed by atoms with van der Waals surface area (Å²) in [6.45, 7) is 0.254. The first kappa shape index (κ1) is 13.7. The van der Waals surface area contributed by atoms with E-state index >= 15 is 0 Å². The number of nitrogens with one attached hydrogen (secondary N) is 3. The zero-order valence-electron chi connectivity index (χ0n) is 12.3. The number of amides is 2. The number of pyridine rings is 1. The lowest BCUT2D eigenvalue weighted by Crippen LogP contribution is -2.30. The lowest BCUT2D eigenvalue weighted by molar-refractivity contribution is 0.174. The van der Waals surface area contributed by atoms with Gasteiger partial charge in [0.15, 0.2) is 11.5 Å². The Balaban J connectivity index is 1.38. The fourth-order valence-electron chi connectivity index (χ4n) is 2.25. The maximum absolute atomic E-state index is 11.6. The van der Waals surface area contributed by atoms with Gasteiger partial charge in [0.05, 0.1) is 11.9 Å². The van der Waals surface area contributed by atoms with Gasteiger partial charge in [0.25, 0.3) is 0 Å². The standard InChI is InChI=1S/C16H16N4O3/c21-16(19-10-1-2-10)20-15-6-4-12(8-17-15)18-11-3-5-13-14(7-11)23-9-22-13/h3-8,10,18H,1-2,9H2,(H2,17,19,20,21). The van der Waals surface area contributed by atoms with Crippen molar-refractivity contribution in [2.75, 3.05) is 17.4 Å². The SMILES string of the molecule is O=C(Nc1ccc(Nc2ccc3c(c2)OCO3)cn1)NC1CC1. The van der Waals surface area contributed by atoms with Gasteiger partial charge in [0.1, 0.15) is 5.82 Å². The van der Waals surface area contributed by atoms with Gasteiger partial charge in [0, 0.05) is 17.8 Å². The van der Waals surface area contributed by atoms with Crippen LogP contribution < -0.4 is 25.4 Å². The number of hydrogen-bond donors (Lipinski definition) is 3. The number of ether oxygens (including phenoxy) is 2. The summed E-state index contributed by atoms with van der Waals surface area (Å²) in [5.74, 6) is 1.98. The molecule has 0 atom stereocenters. The van der Waals surface area contributed by atoms with Crippen molar-refractivity contribution in [1.29, 1.82) is 0 Å². The zero-order valence-corrected chi connectivity index (χ0v) is 12.3. The van der Waals surface area contributed by atoms with Gasteiger partial charge in [-0.2, -0.15) is 0 Å². The fraction of sp³-hybridized carbons (Fsp3) is 0.250. The summed E-state index contributed by atoms with van der Waals surface area (Å²) in [6, 6.07) is 9.35. The second-order valence-electron chi connectivity index (χ2n) is 5.50. The van der Waals surface area contributed by atoms with Gasteiger partial charge < -0.3 is 20.1 Å². The number of anilines is 3. The summed E-state index contributed by atoms with van der Waals surface area (Å²) in [5, 5.41) is 8.79. The lowest BCUT2D eigenvalue weighted by Gasteiger charge is -2.09. The molecule has 2 amide bonds. The molecule has 7 heteroatoms. The smallest absolute Gasteiger partial charge is 0.320 e.